The molecule has 0 aliphatic carbocycles. The highest BCUT2D eigenvalue weighted by molar-refractivity contribution is 6.04. The quantitative estimate of drug-likeness (QED) is 0.281. The van der Waals surface area contributed by atoms with Crippen LogP contribution in [0.3, 0.4) is 0 Å². The Morgan fingerprint density at radius 2 is 1.43 bits per heavy atom. The Kier molecular flexibility index (Phi) is 12.5. The predicted octanol–water partition coefficient (Wildman–Crippen LogP) is 5.13. The van der Waals surface area contributed by atoms with Gasteiger partial charge in [-0.1, -0.05) is 77.6 Å². The second-order valence-electron chi connectivity index (χ2n) is 9.26. The summed E-state index contributed by atoms with van der Waals surface area (Å²) in [5.74, 6) is -0.279. The van der Waals surface area contributed by atoms with Crippen molar-refractivity contribution >= 4 is 18.0 Å². The third-order valence-electron chi connectivity index (χ3n) is 5.19. The number of rotatable bonds is 15. The number of nitrogens with one attached hydrogen (secondary N) is 2. The van der Waals surface area contributed by atoms with E-state index in [1.54, 1.807) is 20.8 Å². The summed E-state index contributed by atoms with van der Waals surface area (Å²) in [6, 6.07) is -1.10. The van der Waals surface area contributed by atoms with Crippen LogP contribution in [0, 0.1) is 0 Å². The van der Waals surface area contributed by atoms with Crippen LogP contribution in [0.25, 0.3) is 0 Å². The summed E-state index contributed by atoms with van der Waals surface area (Å²) in [7, 11) is 0. The van der Waals surface area contributed by atoms with Crippen LogP contribution in [-0.2, 0) is 9.53 Å². The minimum absolute atomic E-state index is 0.0361. The highest BCUT2D eigenvalue weighted by atomic mass is 16.6. The Morgan fingerprint density at radius 3 is 1.93 bits per heavy atom. The molecule has 0 aromatic carbocycles. The van der Waals surface area contributed by atoms with Crippen molar-refractivity contribution in [1.82, 2.24) is 15.5 Å². The second kappa shape index (κ2) is 14.3. The summed E-state index contributed by atoms with van der Waals surface area (Å²) in [6.07, 6.45) is 14.3. The van der Waals surface area contributed by atoms with Crippen LogP contribution >= 0.6 is 0 Å². The molecule has 0 saturated carbocycles. The van der Waals surface area contributed by atoms with Crippen molar-refractivity contribution in [3.63, 3.8) is 0 Å². The van der Waals surface area contributed by atoms with Crippen molar-refractivity contribution in [3.8, 4) is 0 Å². The number of amides is 4. The Bertz CT molecular complexity index is 531. The highest BCUT2D eigenvalue weighted by Gasteiger charge is 2.37. The molecule has 174 valence electrons. The monoisotopic (exact) mass is 425 g/mol. The third-order valence-corrected chi connectivity index (χ3v) is 5.19. The van der Waals surface area contributed by atoms with Gasteiger partial charge in [-0.3, -0.25) is 9.69 Å². The van der Waals surface area contributed by atoms with Gasteiger partial charge in [0.2, 0.25) is 0 Å². The van der Waals surface area contributed by atoms with Crippen LogP contribution in [0.15, 0.2) is 0 Å². The molecule has 0 radical (unpaired) electrons. The van der Waals surface area contributed by atoms with Gasteiger partial charge in [-0.15, -0.1) is 0 Å². The van der Waals surface area contributed by atoms with E-state index in [2.05, 4.69) is 17.6 Å². The van der Waals surface area contributed by atoms with Gasteiger partial charge < -0.3 is 15.4 Å². The lowest BCUT2D eigenvalue weighted by Crippen LogP contribution is -2.43. The lowest BCUT2D eigenvalue weighted by atomic mass is 10.1. The summed E-state index contributed by atoms with van der Waals surface area (Å²) in [6.45, 7) is 8.02. The molecule has 1 saturated heterocycles. The van der Waals surface area contributed by atoms with E-state index in [1.807, 2.05) is 0 Å². The summed E-state index contributed by atoms with van der Waals surface area (Å²) in [5.41, 5.74) is -0.603. The molecule has 1 fully saturated rings. The average Bonchev–Trinajstić information content (AvgIpc) is 2.93. The summed E-state index contributed by atoms with van der Waals surface area (Å²) in [4.78, 5) is 37.4. The molecule has 1 aliphatic heterocycles. The van der Waals surface area contributed by atoms with Crippen molar-refractivity contribution in [2.75, 3.05) is 13.1 Å². The van der Waals surface area contributed by atoms with Crippen LogP contribution in [0.1, 0.15) is 105 Å². The molecule has 7 nitrogen and oxygen atoms in total. The number of unbranched alkanes of at least 4 members (excludes halogenated alkanes) is 11. The number of hydrogen-bond donors (Lipinski definition) is 2. The normalized spacial score (nSPS) is 16.7. The van der Waals surface area contributed by atoms with E-state index in [-0.39, 0.29) is 18.5 Å². The lowest BCUT2D eigenvalue weighted by Gasteiger charge is -2.20. The minimum atomic E-state index is -0.720. The second-order valence-corrected chi connectivity index (χ2v) is 9.26. The molecule has 2 N–H and O–H groups in total. The smallest absolute Gasteiger partial charge is 0.407 e. The van der Waals surface area contributed by atoms with Crippen molar-refractivity contribution in [2.45, 2.75) is 116 Å². The van der Waals surface area contributed by atoms with E-state index in [1.165, 1.54) is 62.7 Å². The number of nitrogens with zero attached hydrogens (tertiary/aromatic N) is 1. The first-order chi connectivity index (χ1) is 14.2. The lowest BCUT2D eigenvalue weighted by molar-refractivity contribution is -0.127. The van der Waals surface area contributed by atoms with Crippen LogP contribution in [0.4, 0.5) is 9.59 Å². The molecule has 1 atom stereocenters. The molecule has 0 bridgehead atoms. The average molecular weight is 426 g/mol. The van der Waals surface area contributed by atoms with Crippen molar-refractivity contribution in [3.05, 3.63) is 0 Å². The Balaban J connectivity index is 2.09. The number of imide groups is 1. The number of ether oxygens (including phenoxy) is 1. The van der Waals surface area contributed by atoms with Gasteiger partial charge in [-0.25, -0.2) is 9.59 Å². The van der Waals surface area contributed by atoms with Crippen LogP contribution in [0.2, 0.25) is 0 Å². The van der Waals surface area contributed by atoms with Gasteiger partial charge >= 0.3 is 12.1 Å². The fourth-order valence-electron chi connectivity index (χ4n) is 3.54. The van der Waals surface area contributed by atoms with Crippen LogP contribution in [0.5, 0.6) is 0 Å². The van der Waals surface area contributed by atoms with Crippen LogP contribution in [-0.4, -0.2) is 47.7 Å². The number of hydrogen-bond acceptors (Lipinski definition) is 4. The van der Waals surface area contributed by atoms with Gasteiger partial charge in [-0.05, 0) is 27.2 Å². The molecule has 7 heteroatoms. The molecule has 4 amide bonds. The zero-order valence-electron chi connectivity index (χ0n) is 19.6. The fraction of sp³-hybridized carbons (Fsp3) is 0.870. The molecular formula is C23H43N3O4. The fourth-order valence-corrected chi connectivity index (χ4v) is 3.54. The van der Waals surface area contributed by atoms with Gasteiger partial charge in [-0.2, -0.15) is 0 Å². The molecule has 30 heavy (non-hydrogen) atoms. The third kappa shape index (κ3) is 11.4. The largest absolute Gasteiger partial charge is 0.444 e. The van der Waals surface area contributed by atoms with Gasteiger partial charge in [0.15, 0.2) is 0 Å². The van der Waals surface area contributed by atoms with E-state index in [0.29, 0.717) is 6.54 Å². The Morgan fingerprint density at radius 1 is 0.933 bits per heavy atom. The maximum atomic E-state index is 12.4. The molecule has 0 spiro atoms. The van der Waals surface area contributed by atoms with E-state index in [9.17, 15) is 14.4 Å². The topological polar surface area (TPSA) is 87.7 Å². The number of urea groups is 1. The van der Waals surface area contributed by atoms with Crippen molar-refractivity contribution < 1.29 is 19.1 Å². The van der Waals surface area contributed by atoms with Gasteiger partial charge in [0.05, 0.1) is 6.54 Å². The van der Waals surface area contributed by atoms with Crippen LogP contribution < -0.4 is 10.6 Å². The number of alkyl carbamates (subject to hydrolysis) is 1. The molecule has 1 heterocycles. The first-order valence-electron chi connectivity index (χ1n) is 11.8. The van der Waals surface area contributed by atoms with E-state index >= 15 is 0 Å². The highest BCUT2D eigenvalue weighted by Crippen LogP contribution is 2.13. The maximum Gasteiger partial charge on any atom is 0.407 e. The van der Waals surface area contributed by atoms with E-state index in [0.717, 1.165) is 19.3 Å². The van der Waals surface area contributed by atoms with Crippen molar-refractivity contribution in [1.29, 1.82) is 0 Å². The molecule has 1 aliphatic rings. The molecule has 1 rings (SSSR count). The summed E-state index contributed by atoms with van der Waals surface area (Å²) in [5, 5.41) is 5.18. The van der Waals surface area contributed by atoms with Gasteiger partial charge in [0.25, 0.3) is 5.91 Å². The summed E-state index contributed by atoms with van der Waals surface area (Å²) >= 11 is 0. The Labute approximate surface area is 182 Å². The SMILES string of the molecule is CCCCCCCCCCCCCCN1C(=O)NC(CNC(=O)OC(C)(C)C)C1=O. The molecule has 0 aromatic heterocycles. The standard InChI is InChI=1S/C23H43N3O4/c1-5-6-7-8-9-10-11-12-13-14-15-16-17-26-20(27)19(25-21(26)28)18-24-22(29)30-23(2,3)4/h19H,5-18H2,1-4H3,(H,24,29)(H,25,28). The van der Waals surface area contributed by atoms with Gasteiger partial charge in [0, 0.05) is 6.54 Å². The van der Waals surface area contributed by atoms with Gasteiger partial charge in [0.1, 0.15) is 11.6 Å². The van der Waals surface area contributed by atoms with E-state index in [4.69, 9.17) is 4.74 Å². The summed E-state index contributed by atoms with van der Waals surface area (Å²) < 4.78 is 5.15. The van der Waals surface area contributed by atoms with Crippen molar-refractivity contribution in [2.24, 2.45) is 0 Å². The first kappa shape index (κ1) is 26.2. The zero-order valence-corrected chi connectivity index (χ0v) is 19.6. The number of carbonyl (C=O) groups is 3. The zero-order chi connectivity index (χ0) is 22.4. The Hall–Kier alpha value is -1.79. The predicted molar refractivity (Wildman–Crippen MR) is 119 cm³/mol. The molecule has 1 unspecified atom stereocenters. The van der Waals surface area contributed by atoms with E-state index < -0.39 is 17.7 Å². The number of carbonyl (C=O) groups excluding carboxylic acids is 3. The minimum Gasteiger partial charge on any atom is -0.444 e. The maximum absolute atomic E-state index is 12.4. The molecule has 0 aromatic rings. The molecular weight excluding hydrogens is 382 g/mol. The first-order valence-corrected chi connectivity index (χ1v) is 11.8.